The minimum absolute atomic E-state index is 0. The van der Waals surface area contributed by atoms with Crippen LogP contribution in [0.4, 0.5) is 0 Å². The summed E-state index contributed by atoms with van der Waals surface area (Å²) in [5, 5.41) is 0. The van der Waals surface area contributed by atoms with Crippen LogP contribution >= 0.6 is 0 Å². The van der Waals surface area contributed by atoms with Crippen LogP contribution in [-0.2, 0) is 38.7 Å². The minimum Gasteiger partial charge on any atom is -1.00 e. The fraction of sp³-hybridized carbons (Fsp3) is 0.682. The Kier molecular flexibility index (Phi) is 17.8. The summed E-state index contributed by atoms with van der Waals surface area (Å²) < 4.78 is 46.0. The topological polar surface area (TPSA) is 133 Å². The first kappa shape index (κ1) is 34.0. The molecule has 0 aliphatic heterocycles. The average molecular weight is 501 g/mol. The van der Waals surface area contributed by atoms with Crippen molar-refractivity contribution in [3.05, 3.63) is 24.3 Å². The summed E-state index contributed by atoms with van der Waals surface area (Å²) in [7, 11) is -3.98. The molecule has 0 unspecified atom stereocenters. The first-order chi connectivity index (χ1) is 14.8. The molecule has 0 saturated heterocycles. The van der Waals surface area contributed by atoms with Crippen molar-refractivity contribution in [2.24, 2.45) is 5.41 Å². The van der Waals surface area contributed by atoms with Crippen LogP contribution in [0.5, 0.6) is 0 Å². The van der Waals surface area contributed by atoms with E-state index in [0.29, 0.717) is 32.1 Å². The van der Waals surface area contributed by atoms with E-state index in [1.165, 1.54) is 13.8 Å². The molecule has 0 fully saturated rings. The third-order valence-corrected chi connectivity index (χ3v) is 5.43. The molecule has 0 aromatic rings. The van der Waals surface area contributed by atoms with Gasteiger partial charge in [-0.2, -0.15) is 8.42 Å². The van der Waals surface area contributed by atoms with Crippen LogP contribution in [0.2, 0.25) is 0 Å². The summed E-state index contributed by atoms with van der Waals surface area (Å²) in [5.41, 5.74) is -1.02. The predicted molar refractivity (Wildman–Crippen MR) is 120 cm³/mol. The summed E-state index contributed by atoms with van der Waals surface area (Å²) in [6.45, 7) is 11.4. The monoisotopic (exact) mass is 500 g/mol. The molecule has 1 N–H and O–H groups in total. The van der Waals surface area contributed by atoms with Gasteiger partial charge in [0.15, 0.2) is 0 Å². The van der Waals surface area contributed by atoms with Gasteiger partial charge in [-0.1, -0.05) is 45.8 Å². The number of carbonyl (C=O) groups excluding carboxylic acids is 3. The molecule has 0 saturated carbocycles. The number of esters is 3. The maximum Gasteiger partial charge on any atom is 1.00 e. The number of carbonyl (C=O) groups is 3. The van der Waals surface area contributed by atoms with Crippen molar-refractivity contribution in [1.29, 1.82) is 0 Å². The van der Waals surface area contributed by atoms with Crippen LogP contribution in [0.15, 0.2) is 24.3 Å². The molecule has 11 heteroatoms. The van der Waals surface area contributed by atoms with E-state index in [4.69, 9.17) is 18.8 Å². The van der Waals surface area contributed by atoms with Gasteiger partial charge in [-0.05, 0) is 33.1 Å². The van der Waals surface area contributed by atoms with Crippen LogP contribution in [0.3, 0.4) is 0 Å². The average Bonchev–Trinajstić information content (AvgIpc) is 2.70. The van der Waals surface area contributed by atoms with Gasteiger partial charge in [0.1, 0.15) is 18.6 Å². The van der Waals surface area contributed by atoms with Gasteiger partial charge in [-0.25, -0.2) is 9.59 Å². The maximum absolute atomic E-state index is 13.0. The minimum atomic E-state index is -3.98. The smallest absolute Gasteiger partial charge is 1.00 e. The molecule has 0 bridgehead atoms. The summed E-state index contributed by atoms with van der Waals surface area (Å²) in [6.07, 6.45) is 3.58. The van der Waals surface area contributed by atoms with E-state index in [1.807, 2.05) is 6.92 Å². The Morgan fingerprint density at radius 1 is 0.879 bits per heavy atom. The van der Waals surface area contributed by atoms with Crippen LogP contribution in [0.1, 0.15) is 67.1 Å². The van der Waals surface area contributed by atoms with E-state index >= 15 is 0 Å². The van der Waals surface area contributed by atoms with Gasteiger partial charge >= 0.3 is 47.5 Å². The fourth-order valence-corrected chi connectivity index (χ4v) is 3.20. The summed E-state index contributed by atoms with van der Waals surface area (Å²) in [4.78, 5) is 36.8. The zero-order valence-electron chi connectivity index (χ0n) is 21.3. The largest absolute Gasteiger partial charge is 1.00 e. The zero-order chi connectivity index (χ0) is 24.8. The Morgan fingerprint density at radius 2 is 1.36 bits per heavy atom. The van der Waals surface area contributed by atoms with E-state index in [9.17, 15) is 22.8 Å². The molecule has 0 rings (SSSR count). The van der Waals surface area contributed by atoms with Crippen molar-refractivity contribution in [3.8, 4) is 0 Å². The second-order valence-corrected chi connectivity index (χ2v) is 9.51. The van der Waals surface area contributed by atoms with Gasteiger partial charge in [0.2, 0.25) is 0 Å². The summed E-state index contributed by atoms with van der Waals surface area (Å²) in [5.74, 6) is -2.28. The molecule has 0 aliphatic rings. The molecule has 0 spiro atoms. The number of hydrogen-bond acceptors (Lipinski definition) is 8. The number of hydrogen-bond donors (Lipinski definition) is 1. The van der Waals surface area contributed by atoms with Gasteiger partial charge in [0.05, 0.1) is 12.4 Å². The van der Waals surface area contributed by atoms with Crippen molar-refractivity contribution in [2.45, 2.75) is 65.7 Å². The van der Waals surface area contributed by atoms with Crippen molar-refractivity contribution in [2.75, 3.05) is 25.6 Å². The van der Waals surface area contributed by atoms with Crippen molar-refractivity contribution < 1.29 is 72.5 Å². The number of unbranched alkanes of at least 4 members (excludes halogenated alkanes) is 4. The molecule has 0 aliphatic carbocycles. The number of rotatable bonds is 17. The molecule has 0 atom stereocenters. The third-order valence-electron chi connectivity index (χ3n) is 4.63. The van der Waals surface area contributed by atoms with Crippen LogP contribution in [0.25, 0.3) is 0 Å². The van der Waals surface area contributed by atoms with Crippen LogP contribution in [-0.4, -0.2) is 56.5 Å². The van der Waals surface area contributed by atoms with E-state index in [-0.39, 0.29) is 74.1 Å². The Morgan fingerprint density at radius 3 is 1.79 bits per heavy atom. The number of ether oxygens (including phenoxy) is 3. The molecule has 186 valence electrons. The van der Waals surface area contributed by atoms with Crippen molar-refractivity contribution in [1.82, 2.24) is 0 Å². The van der Waals surface area contributed by atoms with Gasteiger partial charge in [0, 0.05) is 11.1 Å². The Hall–Kier alpha value is -1.20. The van der Waals surface area contributed by atoms with Gasteiger partial charge in [0.25, 0.3) is 10.1 Å². The molecular formula is C22H37NaO9S. The van der Waals surface area contributed by atoms with E-state index in [2.05, 4.69) is 13.2 Å². The maximum atomic E-state index is 13.0. The second-order valence-electron chi connectivity index (χ2n) is 7.93. The standard InChI is InChI=1S/C22H36O9S.Na.H/c1-6-7-12-22(15-30-19(23)17(2)3,16-31-20(24)18(4)5)21(25)29-13-10-8-9-11-14-32(26,27)28;;/h2,4,6-16H2,1,3,5H3,(H,26,27,28);;/q;+1;-1. The van der Waals surface area contributed by atoms with Gasteiger partial charge in [-0.3, -0.25) is 9.35 Å². The normalized spacial score (nSPS) is 11.2. The van der Waals surface area contributed by atoms with Crippen LogP contribution < -0.4 is 29.6 Å². The molecule has 0 aromatic heterocycles. The van der Waals surface area contributed by atoms with E-state index < -0.39 is 33.4 Å². The quantitative estimate of drug-likeness (QED) is 0.0757. The van der Waals surface area contributed by atoms with Gasteiger partial charge < -0.3 is 15.6 Å². The molecule has 0 heterocycles. The Labute approximate surface area is 220 Å². The first-order valence-electron chi connectivity index (χ1n) is 10.6. The molecule has 0 radical (unpaired) electrons. The SMILES string of the molecule is C=C(C)C(=O)OCC(CCCC)(COC(=O)C(=C)C)C(=O)OCCCCCCS(=O)(=O)O.[H-].[Na+]. The Balaban J connectivity index is -0.00000480. The second kappa shape index (κ2) is 17.3. The Bertz CT molecular complexity index is 751. The first-order valence-corrected chi connectivity index (χ1v) is 12.2. The third kappa shape index (κ3) is 15.3. The molecule has 0 amide bonds. The van der Waals surface area contributed by atoms with Crippen molar-refractivity contribution >= 4 is 28.0 Å². The van der Waals surface area contributed by atoms with E-state index in [1.54, 1.807) is 0 Å². The molecule has 33 heavy (non-hydrogen) atoms. The zero-order valence-corrected chi connectivity index (χ0v) is 23.1. The fourth-order valence-electron chi connectivity index (χ4n) is 2.63. The van der Waals surface area contributed by atoms with Crippen molar-refractivity contribution in [3.63, 3.8) is 0 Å². The summed E-state index contributed by atoms with van der Waals surface area (Å²) in [6, 6.07) is 0. The van der Waals surface area contributed by atoms with Gasteiger partial charge in [-0.15, -0.1) is 0 Å². The molecular weight excluding hydrogens is 463 g/mol. The van der Waals surface area contributed by atoms with E-state index in [0.717, 1.165) is 6.42 Å². The van der Waals surface area contributed by atoms with Crippen LogP contribution in [0, 0.1) is 5.41 Å². The predicted octanol–water partition coefficient (Wildman–Crippen LogP) is 0.510. The summed E-state index contributed by atoms with van der Waals surface area (Å²) >= 11 is 0. The molecule has 0 aromatic carbocycles. The molecule has 9 nitrogen and oxygen atoms in total.